The van der Waals surface area contributed by atoms with E-state index in [4.69, 9.17) is 0 Å². The van der Waals surface area contributed by atoms with Gasteiger partial charge >= 0.3 is 0 Å². The van der Waals surface area contributed by atoms with Crippen molar-refractivity contribution in [1.82, 2.24) is 0 Å². The van der Waals surface area contributed by atoms with Crippen LogP contribution >= 0.6 is 11.3 Å². The Bertz CT molecular complexity index is 740. The van der Waals surface area contributed by atoms with E-state index in [1.807, 2.05) is 6.07 Å². The van der Waals surface area contributed by atoms with Crippen LogP contribution in [0.15, 0.2) is 29.3 Å². The van der Waals surface area contributed by atoms with Gasteiger partial charge in [-0.25, -0.2) is 4.99 Å². The Hall–Kier alpha value is -2.12. The van der Waals surface area contributed by atoms with E-state index in [9.17, 15) is 10.4 Å². The summed E-state index contributed by atoms with van der Waals surface area (Å²) >= 11 is 1.61. The Balaban J connectivity index is 1.97. The monoisotopic (exact) mass is 296 g/mol. The molecule has 21 heavy (non-hydrogen) atoms. The van der Waals surface area contributed by atoms with Gasteiger partial charge in [-0.1, -0.05) is 19.1 Å². The van der Waals surface area contributed by atoms with Gasteiger partial charge in [-0.05, 0) is 42.9 Å². The van der Waals surface area contributed by atoms with Crippen molar-refractivity contribution in [3.05, 3.63) is 45.8 Å². The first-order valence-electron chi connectivity index (χ1n) is 7.05. The third kappa shape index (κ3) is 2.70. The average Bonchev–Trinajstić information content (AvgIpc) is 2.82. The number of hydrogen-bond acceptors (Lipinski definition) is 4. The summed E-state index contributed by atoms with van der Waals surface area (Å²) in [7, 11) is 0. The number of phenolic OH excluding ortho intramolecular Hbond substituents is 1. The van der Waals surface area contributed by atoms with Gasteiger partial charge in [-0.2, -0.15) is 5.26 Å². The summed E-state index contributed by atoms with van der Waals surface area (Å²) < 4.78 is 0. The number of aromatic hydroxyl groups is 1. The minimum atomic E-state index is 0.203. The van der Waals surface area contributed by atoms with E-state index >= 15 is 0 Å². The lowest BCUT2D eigenvalue weighted by Gasteiger charge is -2.17. The molecule has 1 aromatic heterocycles. The molecular weight excluding hydrogens is 280 g/mol. The van der Waals surface area contributed by atoms with Crippen LogP contribution in [-0.2, 0) is 12.8 Å². The van der Waals surface area contributed by atoms with E-state index in [2.05, 4.69) is 18.0 Å². The Morgan fingerprint density at radius 3 is 3.00 bits per heavy atom. The van der Waals surface area contributed by atoms with Crippen LogP contribution in [0.25, 0.3) is 0 Å². The lowest BCUT2D eigenvalue weighted by Crippen LogP contribution is -2.09. The molecule has 0 amide bonds. The second-order valence-electron chi connectivity index (χ2n) is 5.46. The lowest BCUT2D eigenvalue weighted by molar-refractivity contribution is 0.474. The molecule has 0 spiro atoms. The highest BCUT2D eigenvalue weighted by molar-refractivity contribution is 7.16. The third-order valence-electron chi connectivity index (χ3n) is 3.86. The van der Waals surface area contributed by atoms with Crippen molar-refractivity contribution in [3.63, 3.8) is 0 Å². The summed E-state index contributed by atoms with van der Waals surface area (Å²) in [6.45, 7) is 2.25. The van der Waals surface area contributed by atoms with Gasteiger partial charge in [0.15, 0.2) is 0 Å². The molecule has 0 bridgehead atoms. The van der Waals surface area contributed by atoms with Crippen molar-refractivity contribution in [2.75, 3.05) is 0 Å². The van der Waals surface area contributed by atoms with Crippen LogP contribution in [0.5, 0.6) is 5.75 Å². The molecule has 3 nitrogen and oxygen atoms in total. The molecule has 1 N–H and O–H groups in total. The van der Waals surface area contributed by atoms with Crippen LogP contribution in [0.1, 0.15) is 34.9 Å². The van der Waals surface area contributed by atoms with Crippen LogP contribution < -0.4 is 0 Å². The van der Waals surface area contributed by atoms with Crippen LogP contribution in [0.2, 0.25) is 0 Å². The molecule has 1 aliphatic carbocycles. The SMILES string of the molecule is C[C@H]1CCc2c(sc(/N=C/c3ccccc3O)c2C#N)C1. The van der Waals surface area contributed by atoms with Gasteiger partial charge in [0.25, 0.3) is 0 Å². The second kappa shape index (κ2) is 5.71. The van der Waals surface area contributed by atoms with Gasteiger partial charge in [-0.15, -0.1) is 11.3 Å². The normalized spacial score (nSPS) is 17.6. The number of phenols is 1. The maximum absolute atomic E-state index is 9.76. The van der Waals surface area contributed by atoms with E-state index in [0.29, 0.717) is 17.0 Å². The molecule has 4 heteroatoms. The molecule has 3 rings (SSSR count). The Morgan fingerprint density at radius 1 is 1.43 bits per heavy atom. The predicted molar refractivity (Wildman–Crippen MR) is 85.6 cm³/mol. The highest BCUT2D eigenvalue weighted by atomic mass is 32.1. The van der Waals surface area contributed by atoms with Crippen LogP contribution in [-0.4, -0.2) is 11.3 Å². The fourth-order valence-corrected chi connectivity index (χ4v) is 3.97. The quantitative estimate of drug-likeness (QED) is 0.844. The number of thiophene rings is 1. The van der Waals surface area contributed by atoms with E-state index in [-0.39, 0.29) is 5.75 Å². The van der Waals surface area contributed by atoms with Gasteiger partial charge in [0.1, 0.15) is 16.8 Å². The van der Waals surface area contributed by atoms with Gasteiger partial charge in [-0.3, -0.25) is 0 Å². The molecule has 106 valence electrons. The maximum atomic E-state index is 9.76. The molecule has 0 fully saturated rings. The summed E-state index contributed by atoms with van der Waals surface area (Å²) in [5, 5.41) is 19.9. The Labute approximate surface area is 128 Å². The zero-order chi connectivity index (χ0) is 14.8. The zero-order valence-electron chi connectivity index (χ0n) is 11.8. The second-order valence-corrected chi connectivity index (χ2v) is 6.54. The zero-order valence-corrected chi connectivity index (χ0v) is 12.7. The minimum Gasteiger partial charge on any atom is -0.507 e. The molecule has 0 unspecified atom stereocenters. The highest BCUT2D eigenvalue weighted by Crippen LogP contribution is 2.40. The van der Waals surface area contributed by atoms with Crippen molar-refractivity contribution < 1.29 is 5.11 Å². The number of aliphatic imine (C=N–C) groups is 1. The van der Waals surface area contributed by atoms with Crippen LogP contribution in [0.4, 0.5) is 5.00 Å². The Morgan fingerprint density at radius 2 is 2.24 bits per heavy atom. The first-order chi connectivity index (χ1) is 10.2. The number of benzene rings is 1. The van der Waals surface area contributed by atoms with Gasteiger partial charge in [0.2, 0.25) is 0 Å². The number of hydrogen-bond donors (Lipinski definition) is 1. The minimum absolute atomic E-state index is 0.203. The molecule has 0 aliphatic heterocycles. The van der Waals surface area contributed by atoms with Crippen molar-refractivity contribution in [3.8, 4) is 11.8 Å². The topological polar surface area (TPSA) is 56.4 Å². The standard InChI is InChI=1S/C17H16N2OS/c1-11-6-7-13-14(9-18)17(21-16(13)8-11)19-10-12-4-2-3-5-15(12)20/h2-5,10-11,20H,6-8H2,1H3/b19-10+/t11-/m0/s1. The molecule has 0 saturated heterocycles. The van der Waals surface area contributed by atoms with E-state index in [1.54, 1.807) is 35.8 Å². The number of nitriles is 1. The van der Waals surface area contributed by atoms with E-state index in [1.165, 1.54) is 10.4 Å². The van der Waals surface area contributed by atoms with Crippen molar-refractivity contribution in [2.45, 2.75) is 26.2 Å². The first-order valence-corrected chi connectivity index (χ1v) is 7.87. The van der Waals surface area contributed by atoms with Gasteiger partial charge in [0, 0.05) is 16.7 Å². The van der Waals surface area contributed by atoms with Gasteiger partial charge in [0.05, 0.1) is 5.56 Å². The summed E-state index contributed by atoms with van der Waals surface area (Å²) in [6.07, 6.45) is 4.79. The molecular formula is C17H16N2OS. The molecule has 1 atom stereocenters. The molecule has 1 aliphatic rings. The average molecular weight is 296 g/mol. The number of para-hydroxylation sites is 1. The Kier molecular flexibility index (Phi) is 3.76. The highest BCUT2D eigenvalue weighted by Gasteiger charge is 2.23. The fraction of sp³-hybridized carbons (Fsp3) is 0.294. The fourth-order valence-electron chi connectivity index (χ4n) is 2.67. The van der Waals surface area contributed by atoms with Gasteiger partial charge < -0.3 is 5.11 Å². The van der Waals surface area contributed by atoms with Crippen molar-refractivity contribution in [1.29, 1.82) is 5.26 Å². The molecule has 2 aromatic rings. The number of nitrogens with zero attached hydrogens (tertiary/aromatic N) is 2. The number of fused-ring (bicyclic) bond motifs is 1. The summed E-state index contributed by atoms with van der Waals surface area (Å²) in [5.41, 5.74) is 2.57. The molecule has 0 radical (unpaired) electrons. The summed E-state index contributed by atoms with van der Waals surface area (Å²) in [6, 6.07) is 9.37. The van der Waals surface area contributed by atoms with E-state index in [0.717, 1.165) is 24.3 Å². The molecule has 0 saturated carbocycles. The molecule has 1 heterocycles. The third-order valence-corrected chi connectivity index (χ3v) is 5.02. The predicted octanol–water partition coefficient (Wildman–Crippen LogP) is 4.20. The maximum Gasteiger partial charge on any atom is 0.134 e. The lowest BCUT2D eigenvalue weighted by atomic mass is 9.89. The largest absolute Gasteiger partial charge is 0.507 e. The van der Waals surface area contributed by atoms with Crippen LogP contribution in [0, 0.1) is 17.2 Å². The summed E-state index contributed by atoms with van der Waals surface area (Å²) in [5.74, 6) is 0.882. The first kappa shape index (κ1) is 13.8. The smallest absolute Gasteiger partial charge is 0.134 e. The molecule has 1 aromatic carbocycles. The van der Waals surface area contributed by atoms with Crippen LogP contribution in [0.3, 0.4) is 0 Å². The van der Waals surface area contributed by atoms with Crippen molar-refractivity contribution >= 4 is 22.6 Å². The summed E-state index contributed by atoms with van der Waals surface area (Å²) in [4.78, 5) is 5.75. The van der Waals surface area contributed by atoms with Crippen molar-refractivity contribution in [2.24, 2.45) is 10.9 Å². The number of rotatable bonds is 2. The van der Waals surface area contributed by atoms with E-state index < -0.39 is 0 Å².